The van der Waals surface area contributed by atoms with Crippen molar-refractivity contribution in [1.29, 1.82) is 0 Å². The highest BCUT2D eigenvalue weighted by Crippen LogP contribution is 2.38. The number of amides is 1. The van der Waals surface area contributed by atoms with Crippen molar-refractivity contribution >= 4 is 16.7 Å². The molecule has 0 saturated heterocycles. The molecule has 3 nitrogen and oxygen atoms in total. The Kier molecular flexibility index (Phi) is 4.70. The number of carbonyl (C=O) groups is 1. The second-order valence-electron chi connectivity index (χ2n) is 5.97. The van der Waals surface area contributed by atoms with Gasteiger partial charge in [-0.15, -0.1) is 0 Å². The molecule has 0 fully saturated rings. The molecule has 134 valence electrons. The van der Waals surface area contributed by atoms with Crippen molar-refractivity contribution in [3.63, 3.8) is 0 Å². The van der Waals surface area contributed by atoms with Crippen molar-refractivity contribution in [1.82, 2.24) is 5.32 Å². The molecule has 0 aliphatic heterocycles. The van der Waals surface area contributed by atoms with E-state index in [4.69, 9.17) is 0 Å². The lowest BCUT2D eigenvalue weighted by Gasteiger charge is -2.31. The molecule has 26 heavy (non-hydrogen) atoms. The maximum Gasteiger partial charge on any atom is 0.423 e. The zero-order valence-electron chi connectivity index (χ0n) is 13.6. The fraction of sp³-hybridized carbons (Fsp3) is 0.150. The highest BCUT2D eigenvalue weighted by Gasteiger charge is 2.55. The summed E-state index contributed by atoms with van der Waals surface area (Å²) in [6.07, 6.45) is -4.94. The van der Waals surface area contributed by atoms with Gasteiger partial charge in [-0.2, -0.15) is 13.2 Å². The van der Waals surface area contributed by atoms with E-state index in [1.165, 1.54) is 30.3 Å². The molecule has 3 rings (SSSR count). The Labute approximate surface area is 148 Å². The van der Waals surface area contributed by atoms with Crippen LogP contribution in [0.15, 0.2) is 72.8 Å². The minimum absolute atomic E-state index is 0.223. The van der Waals surface area contributed by atoms with Gasteiger partial charge in [-0.25, -0.2) is 0 Å². The number of halogens is 3. The van der Waals surface area contributed by atoms with Gasteiger partial charge in [-0.1, -0.05) is 60.7 Å². The summed E-state index contributed by atoms with van der Waals surface area (Å²) in [5.41, 5.74) is -3.27. The maximum absolute atomic E-state index is 13.4. The number of benzene rings is 3. The largest absolute Gasteiger partial charge is 0.423 e. The molecule has 1 atom stereocenters. The Morgan fingerprint density at radius 3 is 2.15 bits per heavy atom. The SMILES string of the molecule is O=C(NCC(O)(c1ccccc1)C(F)(F)F)c1ccc2ccccc2c1. The lowest BCUT2D eigenvalue weighted by molar-refractivity contribution is -0.263. The topological polar surface area (TPSA) is 49.3 Å². The molecule has 1 amide bonds. The van der Waals surface area contributed by atoms with E-state index in [1.54, 1.807) is 18.2 Å². The standard InChI is InChI=1S/C20H16F3NO2/c21-20(22,23)19(26,17-8-2-1-3-9-17)13-24-18(25)16-11-10-14-6-4-5-7-15(14)12-16/h1-12,26H,13H2,(H,24,25). The zero-order chi connectivity index (χ0) is 18.8. The monoisotopic (exact) mass is 359 g/mol. The van der Waals surface area contributed by atoms with Gasteiger partial charge in [0.15, 0.2) is 0 Å². The van der Waals surface area contributed by atoms with Crippen LogP contribution in [0.25, 0.3) is 10.8 Å². The summed E-state index contributed by atoms with van der Waals surface area (Å²) in [6.45, 7) is -0.980. The summed E-state index contributed by atoms with van der Waals surface area (Å²) in [5.74, 6) is -0.686. The molecule has 1 unspecified atom stereocenters. The van der Waals surface area contributed by atoms with Gasteiger partial charge in [0.25, 0.3) is 5.91 Å². The van der Waals surface area contributed by atoms with Crippen LogP contribution >= 0.6 is 0 Å². The second kappa shape index (κ2) is 6.80. The molecule has 6 heteroatoms. The first kappa shape index (κ1) is 17.9. The third-order valence-corrected chi connectivity index (χ3v) is 4.24. The van der Waals surface area contributed by atoms with Gasteiger partial charge >= 0.3 is 6.18 Å². The van der Waals surface area contributed by atoms with E-state index in [-0.39, 0.29) is 11.1 Å². The predicted octanol–water partition coefficient (Wildman–Crippen LogP) is 4.02. The zero-order valence-corrected chi connectivity index (χ0v) is 13.6. The highest BCUT2D eigenvalue weighted by atomic mass is 19.4. The average molecular weight is 359 g/mol. The quantitative estimate of drug-likeness (QED) is 0.739. The first-order chi connectivity index (χ1) is 12.3. The summed E-state index contributed by atoms with van der Waals surface area (Å²) in [6, 6.07) is 18.9. The molecule has 3 aromatic rings. The average Bonchev–Trinajstić information content (AvgIpc) is 2.65. The molecular weight excluding hydrogens is 343 g/mol. The third kappa shape index (κ3) is 3.41. The maximum atomic E-state index is 13.4. The molecule has 0 aliphatic carbocycles. The van der Waals surface area contributed by atoms with Gasteiger partial charge in [-0.05, 0) is 28.5 Å². The van der Waals surface area contributed by atoms with E-state index in [9.17, 15) is 23.1 Å². The molecule has 0 saturated carbocycles. The lowest BCUT2D eigenvalue weighted by atomic mass is 9.93. The van der Waals surface area contributed by atoms with Gasteiger partial charge < -0.3 is 10.4 Å². The van der Waals surface area contributed by atoms with Crippen molar-refractivity contribution in [2.24, 2.45) is 0 Å². The number of hydrogen-bond donors (Lipinski definition) is 2. The molecular formula is C20H16F3NO2. The minimum Gasteiger partial charge on any atom is -0.375 e. The van der Waals surface area contributed by atoms with Crippen LogP contribution in [0.1, 0.15) is 15.9 Å². The van der Waals surface area contributed by atoms with E-state index < -0.39 is 24.2 Å². The van der Waals surface area contributed by atoms with E-state index in [1.807, 2.05) is 24.3 Å². The van der Waals surface area contributed by atoms with Gasteiger partial charge in [-0.3, -0.25) is 4.79 Å². The number of carbonyl (C=O) groups excluding carboxylic acids is 1. The molecule has 0 radical (unpaired) electrons. The summed E-state index contributed by atoms with van der Waals surface area (Å²) in [7, 11) is 0. The smallest absolute Gasteiger partial charge is 0.375 e. The fourth-order valence-electron chi connectivity index (χ4n) is 2.72. The summed E-state index contributed by atoms with van der Waals surface area (Å²) < 4.78 is 40.3. The second-order valence-corrected chi connectivity index (χ2v) is 5.97. The normalized spacial score (nSPS) is 14.0. The number of fused-ring (bicyclic) bond motifs is 1. The Morgan fingerprint density at radius 2 is 1.50 bits per heavy atom. The fourth-order valence-corrected chi connectivity index (χ4v) is 2.72. The van der Waals surface area contributed by atoms with Crippen molar-refractivity contribution < 1.29 is 23.1 Å². The highest BCUT2D eigenvalue weighted by molar-refractivity contribution is 5.98. The molecule has 0 aliphatic rings. The Balaban J connectivity index is 1.83. The number of rotatable bonds is 4. The summed E-state index contributed by atoms with van der Waals surface area (Å²) in [5, 5.41) is 14.2. The van der Waals surface area contributed by atoms with Gasteiger partial charge in [0.05, 0.1) is 6.54 Å². The van der Waals surface area contributed by atoms with Gasteiger partial charge in [0, 0.05) is 5.56 Å². The van der Waals surface area contributed by atoms with Crippen LogP contribution in [0.3, 0.4) is 0 Å². The molecule has 0 spiro atoms. The summed E-state index contributed by atoms with van der Waals surface area (Å²) >= 11 is 0. The van der Waals surface area contributed by atoms with Crippen LogP contribution in [0.2, 0.25) is 0 Å². The number of nitrogens with one attached hydrogen (secondary N) is 1. The van der Waals surface area contributed by atoms with Crippen LogP contribution in [0.5, 0.6) is 0 Å². The summed E-state index contributed by atoms with van der Waals surface area (Å²) in [4.78, 5) is 12.3. The molecule has 2 N–H and O–H groups in total. The van der Waals surface area contributed by atoms with Crippen LogP contribution in [-0.4, -0.2) is 23.7 Å². The molecule has 0 aromatic heterocycles. The molecule has 0 bridgehead atoms. The van der Waals surface area contributed by atoms with E-state index >= 15 is 0 Å². The van der Waals surface area contributed by atoms with Crippen LogP contribution in [0, 0.1) is 0 Å². The minimum atomic E-state index is -4.94. The van der Waals surface area contributed by atoms with E-state index in [2.05, 4.69) is 5.32 Å². The Bertz CT molecular complexity index is 925. The van der Waals surface area contributed by atoms with Crippen molar-refractivity contribution in [2.45, 2.75) is 11.8 Å². The number of aliphatic hydroxyl groups is 1. The van der Waals surface area contributed by atoms with Crippen LogP contribution in [-0.2, 0) is 5.60 Å². The van der Waals surface area contributed by atoms with E-state index in [0.29, 0.717) is 0 Å². The van der Waals surface area contributed by atoms with Gasteiger partial charge in [0.1, 0.15) is 0 Å². The lowest BCUT2D eigenvalue weighted by Crippen LogP contribution is -2.51. The first-order valence-corrected chi connectivity index (χ1v) is 7.93. The van der Waals surface area contributed by atoms with Crippen molar-refractivity contribution in [2.75, 3.05) is 6.54 Å². The number of hydrogen-bond acceptors (Lipinski definition) is 2. The predicted molar refractivity (Wildman–Crippen MR) is 92.7 cm³/mol. The number of alkyl halides is 3. The first-order valence-electron chi connectivity index (χ1n) is 7.93. The van der Waals surface area contributed by atoms with Crippen LogP contribution < -0.4 is 5.32 Å². The van der Waals surface area contributed by atoms with Crippen molar-refractivity contribution in [3.05, 3.63) is 83.9 Å². The van der Waals surface area contributed by atoms with Crippen LogP contribution in [0.4, 0.5) is 13.2 Å². The van der Waals surface area contributed by atoms with E-state index in [0.717, 1.165) is 10.8 Å². The third-order valence-electron chi connectivity index (χ3n) is 4.24. The Hall–Kier alpha value is -2.86. The molecule has 3 aromatic carbocycles. The Morgan fingerprint density at radius 1 is 0.885 bits per heavy atom. The molecule has 0 heterocycles. The van der Waals surface area contributed by atoms with Crippen molar-refractivity contribution in [3.8, 4) is 0 Å². The van der Waals surface area contributed by atoms with Gasteiger partial charge in [0.2, 0.25) is 5.60 Å².